The molecule has 3 saturated heterocycles. The van der Waals surface area contributed by atoms with Crippen LogP contribution in [0.3, 0.4) is 0 Å². The second kappa shape index (κ2) is 15.9. The molecule has 3 fully saturated rings. The summed E-state index contributed by atoms with van der Waals surface area (Å²) in [7, 11) is 5.90. The molecule has 4 aromatic carbocycles. The number of nitrogens with zero attached hydrogens (tertiary/aromatic N) is 1. The minimum atomic E-state index is -1.01. The third-order valence-corrected chi connectivity index (χ3v) is 11.9. The summed E-state index contributed by atoms with van der Waals surface area (Å²) in [4.78, 5) is 40.8. The molecule has 6 atom stereocenters. The normalized spacial score (nSPS) is 21.8. The fourth-order valence-corrected chi connectivity index (χ4v) is 8.80. The highest BCUT2D eigenvalue weighted by molar-refractivity contribution is 5.93. The number of ether oxygens (including phenoxy) is 3. The molecule has 1 aromatic heterocycles. The second-order valence-corrected chi connectivity index (χ2v) is 15.8. The summed E-state index contributed by atoms with van der Waals surface area (Å²) in [5.41, 5.74) is 3.85. The number of carbonyl (C=O) groups is 2. The lowest BCUT2D eigenvalue weighted by Gasteiger charge is -2.45. The van der Waals surface area contributed by atoms with Crippen molar-refractivity contribution in [2.24, 2.45) is 0 Å². The predicted octanol–water partition coefficient (Wildman–Crippen LogP) is 5.75. The van der Waals surface area contributed by atoms with Crippen molar-refractivity contribution in [1.82, 2.24) is 10.3 Å². The zero-order valence-electron chi connectivity index (χ0n) is 32.5. The van der Waals surface area contributed by atoms with Crippen LogP contribution in [0.4, 0.5) is 20.6 Å². The number of amides is 2. The van der Waals surface area contributed by atoms with Gasteiger partial charge in [0.2, 0.25) is 11.5 Å². The highest BCUT2D eigenvalue weighted by atomic mass is 19.1. The number of fused-ring (bicyclic) bond motifs is 6. The quantitative estimate of drug-likeness (QED) is 0.0641. The summed E-state index contributed by atoms with van der Waals surface area (Å²) in [6, 6.07) is 24.5. The van der Waals surface area contributed by atoms with Crippen molar-refractivity contribution >= 4 is 34.3 Å². The smallest absolute Gasteiger partial charge is 0.411 e. The molecule has 302 valence electrons. The van der Waals surface area contributed by atoms with Gasteiger partial charge in [0.15, 0.2) is 0 Å². The zero-order chi connectivity index (χ0) is 40.7. The van der Waals surface area contributed by atoms with Gasteiger partial charge >= 0.3 is 6.09 Å². The van der Waals surface area contributed by atoms with Crippen molar-refractivity contribution in [1.29, 1.82) is 0 Å². The van der Waals surface area contributed by atoms with E-state index < -0.39 is 23.9 Å². The van der Waals surface area contributed by atoms with Gasteiger partial charge < -0.3 is 44.5 Å². The van der Waals surface area contributed by atoms with E-state index in [1.54, 1.807) is 6.07 Å². The highest BCUT2D eigenvalue weighted by Gasteiger charge is 2.70. The van der Waals surface area contributed by atoms with Crippen LogP contribution in [0.15, 0.2) is 89.7 Å². The molecule has 13 nitrogen and oxygen atoms in total. The Morgan fingerprint density at radius 3 is 2.47 bits per heavy atom. The number of phenolic OH excluding ortho intramolecular Hbond substituents is 1. The van der Waals surface area contributed by atoms with E-state index in [2.05, 4.69) is 35.0 Å². The number of likely N-dealkylation sites (N-methyl/N-ethyl adjacent to an activating group) is 1. The number of phenols is 1. The van der Waals surface area contributed by atoms with E-state index in [4.69, 9.17) is 14.2 Å². The van der Waals surface area contributed by atoms with Gasteiger partial charge in [-0.1, -0.05) is 48.5 Å². The Balaban J connectivity index is 0.884. The first kappa shape index (κ1) is 39.0. The SMILES string of the molecule is COc1cc(NC(=O)CCc2ccc(-c3ccccc3)c(NC(=O)O[C@@H]3C[C@@H]4[C@H]5O[C@H]5[C@H](C3)[N+]4(C)C)c2)c(F)cc1CNC[C@H](O)c1ccc(O)c2[nH]c(=O)ccc12. The number of pyridine rings is 1. The maximum absolute atomic E-state index is 15.4. The molecular weight excluding hydrogens is 746 g/mol. The highest BCUT2D eigenvalue weighted by Crippen LogP contribution is 2.51. The Kier molecular flexibility index (Phi) is 10.7. The van der Waals surface area contributed by atoms with Crippen LogP contribution in [0.5, 0.6) is 11.5 Å². The van der Waals surface area contributed by atoms with Crippen molar-refractivity contribution in [3.8, 4) is 22.6 Å². The number of benzene rings is 4. The third-order valence-electron chi connectivity index (χ3n) is 11.9. The number of H-pyrrole nitrogens is 1. The number of aromatic hydroxyl groups is 1. The molecule has 3 aliphatic rings. The van der Waals surface area contributed by atoms with Gasteiger partial charge in [-0.3, -0.25) is 14.9 Å². The number of anilines is 2. The minimum Gasteiger partial charge on any atom is -0.506 e. The Morgan fingerprint density at radius 2 is 1.72 bits per heavy atom. The van der Waals surface area contributed by atoms with Gasteiger partial charge in [-0.15, -0.1) is 0 Å². The van der Waals surface area contributed by atoms with Gasteiger partial charge in [0, 0.05) is 61.0 Å². The number of hydrogen-bond acceptors (Lipinski definition) is 9. The molecule has 3 aliphatic heterocycles. The Bertz CT molecular complexity index is 2400. The molecule has 58 heavy (non-hydrogen) atoms. The number of aryl methyl sites for hydroxylation is 1. The minimum absolute atomic E-state index is 0.0399. The van der Waals surface area contributed by atoms with Crippen LogP contribution >= 0.6 is 0 Å². The summed E-state index contributed by atoms with van der Waals surface area (Å²) in [5, 5.41) is 30.3. The number of morpholine rings is 1. The van der Waals surface area contributed by atoms with Gasteiger partial charge in [-0.05, 0) is 47.4 Å². The topological polar surface area (TPSA) is 175 Å². The molecule has 0 spiro atoms. The van der Waals surface area contributed by atoms with Crippen LogP contribution in [0, 0.1) is 5.82 Å². The number of quaternary nitrogens is 1. The molecule has 0 aliphatic carbocycles. The van der Waals surface area contributed by atoms with Crippen molar-refractivity contribution in [2.75, 3.05) is 38.4 Å². The molecule has 2 bridgehead atoms. The largest absolute Gasteiger partial charge is 0.506 e. The van der Waals surface area contributed by atoms with E-state index in [0.29, 0.717) is 46.5 Å². The fraction of sp³-hybridized carbons (Fsp3) is 0.341. The maximum Gasteiger partial charge on any atom is 0.411 e. The van der Waals surface area contributed by atoms with E-state index >= 15 is 4.39 Å². The molecule has 14 heteroatoms. The zero-order valence-corrected chi connectivity index (χ0v) is 32.5. The van der Waals surface area contributed by atoms with Gasteiger partial charge in [-0.2, -0.15) is 0 Å². The molecular formula is C44H47FN5O8+. The summed E-state index contributed by atoms with van der Waals surface area (Å²) >= 11 is 0. The standard InChI is InChI=1S/C44H46FN5O8/c1-50(2)34-19-27(20-35(50)43-42(34)58-43)57-44(55)48-32-17-24(9-11-28(32)25-7-5-4-6-8-25)10-15-39(53)47-33-21-38(56-3)26(18-31(33)45)22-46-23-37(52)29-12-14-36(51)41-30(29)13-16-40(54)49-41/h4-9,11-14,16-18,21,27,34-35,37,42-43,46,52H,10,15,19-20,22-23H2,1-3H3,(H3-,47,48,49,51,53,54,55)/p+1/t27-,34-,35+,37-,42-,43+/m0/s1. The first-order valence-corrected chi connectivity index (χ1v) is 19.4. The fourth-order valence-electron chi connectivity index (χ4n) is 8.80. The molecule has 0 saturated carbocycles. The Hall–Kier alpha value is -5.80. The molecule has 0 radical (unpaired) electrons. The van der Waals surface area contributed by atoms with Crippen molar-refractivity contribution in [3.63, 3.8) is 0 Å². The van der Waals surface area contributed by atoms with E-state index in [0.717, 1.165) is 34.0 Å². The van der Waals surface area contributed by atoms with Gasteiger partial charge in [0.05, 0.1) is 44.2 Å². The molecule has 0 unspecified atom stereocenters. The molecule has 4 heterocycles. The van der Waals surface area contributed by atoms with Gasteiger partial charge in [0.1, 0.15) is 47.7 Å². The number of nitrogens with one attached hydrogen (secondary N) is 4. The number of hydrogen-bond donors (Lipinski definition) is 6. The molecule has 8 rings (SSSR count). The molecule has 6 N–H and O–H groups in total. The number of epoxide rings is 1. The number of methoxy groups -OCH3 is 1. The van der Waals surface area contributed by atoms with Crippen LogP contribution in [0.1, 0.15) is 42.1 Å². The van der Waals surface area contributed by atoms with Crippen LogP contribution in [-0.4, -0.2) is 89.8 Å². The predicted molar refractivity (Wildman–Crippen MR) is 216 cm³/mol. The lowest BCUT2D eigenvalue weighted by Crippen LogP contribution is -2.60. The number of rotatable bonds is 13. The summed E-state index contributed by atoms with van der Waals surface area (Å²) in [6.07, 6.45) is 0.627. The van der Waals surface area contributed by atoms with Crippen molar-refractivity contribution in [3.05, 3.63) is 118 Å². The average Bonchev–Trinajstić information content (AvgIpc) is 3.98. The number of aromatic nitrogens is 1. The average molecular weight is 793 g/mol. The van der Waals surface area contributed by atoms with Crippen LogP contribution < -0.4 is 26.2 Å². The first-order valence-electron chi connectivity index (χ1n) is 19.4. The lowest BCUT2D eigenvalue weighted by molar-refractivity contribution is -0.938. The van der Waals surface area contributed by atoms with E-state index in [1.165, 1.54) is 37.4 Å². The van der Waals surface area contributed by atoms with Crippen molar-refractivity contribution < 1.29 is 42.9 Å². The van der Waals surface area contributed by atoms with Crippen molar-refractivity contribution in [2.45, 2.75) is 68.7 Å². The van der Waals surface area contributed by atoms with Crippen LogP contribution in [-0.2, 0) is 27.2 Å². The van der Waals surface area contributed by atoms with E-state index in [9.17, 15) is 24.6 Å². The van der Waals surface area contributed by atoms with Crippen LogP contribution in [0.25, 0.3) is 22.0 Å². The Labute approximate surface area is 334 Å². The third kappa shape index (κ3) is 7.88. The summed E-state index contributed by atoms with van der Waals surface area (Å²) in [5.74, 6) is -0.845. The maximum atomic E-state index is 15.4. The Morgan fingerprint density at radius 1 is 0.966 bits per heavy atom. The number of carbonyl (C=O) groups excluding carboxylic acids is 2. The van der Waals surface area contributed by atoms with E-state index in [-0.39, 0.29) is 60.3 Å². The van der Waals surface area contributed by atoms with Crippen LogP contribution in [0.2, 0.25) is 0 Å². The molecule has 2 amide bonds. The van der Waals surface area contributed by atoms with Gasteiger partial charge in [0.25, 0.3) is 0 Å². The second-order valence-electron chi connectivity index (χ2n) is 15.8. The monoisotopic (exact) mass is 792 g/mol. The van der Waals surface area contributed by atoms with Gasteiger partial charge in [-0.25, -0.2) is 9.18 Å². The molecule has 5 aromatic rings. The summed E-state index contributed by atoms with van der Waals surface area (Å²) < 4.78 is 33.7. The number of aromatic amines is 1. The van der Waals surface area contributed by atoms with E-state index in [1.807, 2.05) is 48.5 Å². The summed E-state index contributed by atoms with van der Waals surface area (Å²) in [6.45, 7) is 0.207. The first-order chi connectivity index (χ1) is 27.9. The number of aliphatic hydroxyl groups excluding tert-OH is 1. The lowest BCUT2D eigenvalue weighted by atomic mass is 9.96. The number of piperidine rings is 1. The number of aliphatic hydroxyl groups is 1. The number of halogens is 1.